The molecule has 148 valence electrons. The van der Waals surface area contributed by atoms with Crippen LogP contribution in [0, 0.1) is 5.92 Å². The Bertz CT molecular complexity index is 1150. The highest BCUT2D eigenvalue weighted by molar-refractivity contribution is 6.62. The van der Waals surface area contributed by atoms with Crippen molar-refractivity contribution in [3.05, 3.63) is 60.7 Å². The van der Waals surface area contributed by atoms with Crippen LogP contribution in [0.25, 0.3) is 27.5 Å². The van der Waals surface area contributed by atoms with Crippen LogP contribution in [0.5, 0.6) is 0 Å². The van der Waals surface area contributed by atoms with Crippen LogP contribution in [-0.4, -0.2) is 22.9 Å². The molecule has 2 heterocycles. The van der Waals surface area contributed by atoms with Gasteiger partial charge in [-0.2, -0.15) is 0 Å². The SMILES string of the molecule is CC1CC=CC=C1n1c2ccccc2c2cc(B3OC(C)(C)C(C)(C)O3)ccc21. The first kappa shape index (κ1) is 18.7. The first-order valence-corrected chi connectivity index (χ1v) is 10.5. The van der Waals surface area contributed by atoms with E-state index in [4.69, 9.17) is 9.31 Å². The first-order chi connectivity index (χ1) is 13.8. The van der Waals surface area contributed by atoms with Gasteiger partial charge in [0.05, 0.1) is 22.2 Å². The van der Waals surface area contributed by atoms with Crippen LogP contribution in [0.2, 0.25) is 0 Å². The Kier molecular flexibility index (Phi) is 4.10. The smallest absolute Gasteiger partial charge is 0.399 e. The van der Waals surface area contributed by atoms with Gasteiger partial charge in [-0.1, -0.05) is 49.4 Å². The summed E-state index contributed by atoms with van der Waals surface area (Å²) < 4.78 is 15.0. The second-order valence-electron chi connectivity index (χ2n) is 9.37. The highest BCUT2D eigenvalue weighted by atomic mass is 16.7. The Balaban J connectivity index is 1.69. The standard InChI is InChI=1S/C25H28BNO2/c1-17-10-6-8-12-21(17)27-22-13-9-7-11-19(22)20-16-18(14-15-23(20)27)26-28-24(2,3)25(4,5)29-26/h6-9,11-17H,10H2,1-5H3. The van der Waals surface area contributed by atoms with Gasteiger partial charge in [0, 0.05) is 22.4 Å². The lowest BCUT2D eigenvalue weighted by molar-refractivity contribution is 0.00578. The van der Waals surface area contributed by atoms with E-state index in [1.807, 2.05) is 0 Å². The summed E-state index contributed by atoms with van der Waals surface area (Å²) in [5.74, 6) is 0.488. The maximum absolute atomic E-state index is 6.30. The molecule has 1 aliphatic carbocycles. The molecule has 1 saturated heterocycles. The molecule has 0 N–H and O–H groups in total. The highest BCUT2D eigenvalue weighted by Gasteiger charge is 2.51. The molecule has 1 aromatic heterocycles. The molecule has 3 nitrogen and oxygen atoms in total. The Morgan fingerprint density at radius 3 is 2.34 bits per heavy atom. The van der Waals surface area contributed by atoms with Crippen molar-refractivity contribution in [3.63, 3.8) is 0 Å². The fourth-order valence-electron chi connectivity index (χ4n) is 4.42. The van der Waals surface area contributed by atoms with Crippen LogP contribution in [-0.2, 0) is 9.31 Å². The molecule has 2 aliphatic rings. The van der Waals surface area contributed by atoms with Crippen molar-refractivity contribution < 1.29 is 9.31 Å². The van der Waals surface area contributed by atoms with Gasteiger partial charge in [0.25, 0.3) is 0 Å². The molecule has 0 radical (unpaired) electrons. The van der Waals surface area contributed by atoms with E-state index in [0.29, 0.717) is 5.92 Å². The molecular weight excluding hydrogens is 357 g/mol. The topological polar surface area (TPSA) is 23.4 Å². The second kappa shape index (κ2) is 6.35. The fraction of sp³-hybridized carbons (Fsp3) is 0.360. The van der Waals surface area contributed by atoms with Crippen molar-refractivity contribution in [3.8, 4) is 0 Å². The minimum atomic E-state index is -0.345. The lowest BCUT2D eigenvalue weighted by atomic mass is 9.78. The van der Waals surface area contributed by atoms with Crippen LogP contribution in [0.3, 0.4) is 0 Å². The number of fused-ring (bicyclic) bond motifs is 3. The zero-order valence-electron chi connectivity index (χ0n) is 17.9. The zero-order valence-corrected chi connectivity index (χ0v) is 17.9. The number of hydrogen-bond donors (Lipinski definition) is 0. The maximum Gasteiger partial charge on any atom is 0.494 e. The minimum Gasteiger partial charge on any atom is -0.399 e. The molecule has 1 atom stereocenters. The number of para-hydroxylation sites is 1. The number of rotatable bonds is 2. The quantitative estimate of drug-likeness (QED) is 0.542. The summed E-state index contributed by atoms with van der Waals surface area (Å²) >= 11 is 0. The van der Waals surface area contributed by atoms with Crippen molar-refractivity contribution in [1.82, 2.24) is 4.57 Å². The third-order valence-electron chi connectivity index (χ3n) is 6.88. The Hall–Kier alpha value is -2.30. The molecule has 1 unspecified atom stereocenters. The fourth-order valence-corrected chi connectivity index (χ4v) is 4.42. The van der Waals surface area contributed by atoms with E-state index < -0.39 is 0 Å². The van der Waals surface area contributed by atoms with E-state index in [2.05, 4.69) is 99.9 Å². The van der Waals surface area contributed by atoms with Crippen LogP contribution < -0.4 is 5.46 Å². The van der Waals surface area contributed by atoms with E-state index in [0.717, 1.165) is 11.9 Å². The van der Waals surface area contributed by atoms with Gasteiger partial charge in [-0.3, -0.25) is 0 Å². The normalized spacial score (nSPS) is 23.1. The van der Waals surface area contributed by atoms with Gasteiger partial charge in [0.15, 0.2) is 0 Å². The summed E-state index contributed by atoms with van der Waals surface area (Å²) in [5.41, 5.74) is 4.23. The summed E-state index contributed by atoms with van der Waals surface area (Å²) in [5, 5.41) is 2.51. The molecule has 1 aliphatic heterocycles. The van der Waals surface area contributed by atoms with Crippen molar-refractivity contribution in [2.24, 2.45) is 5.92 Å². The summed E-state index contributed by atoms with van der Waals surface area (Å²) in [6.07, 6.45) is 7.75. The lowest BCUT2D eigenvalue weighted by Gasteiger charge is -2.32. The van der Waals surface area contributed by atoms with Gasteiger partial charge in [-0.05, 0) is 57.8 Å². The molecule has 0 bridgehead atoms. The third-order valence-corrected chi connectivity index (χ3v) is 6.88. The van der Waals surface area contributed by atoms with Crippen LogP contribution >= 0.6 is 0 Å². The van der Waals surface area contributed by atoms with E-state index in [-0.39, 0.29) is 18.3 Å². The van der Waals surface area contributed by atoms with Gasteiger partial charge in [0.1, 0.15) is 0 Å². The van der Waals surface area contributed by atoms with E-state index in [1.54, 1.807) is 0 Å². The molecule has 0 amide bonds. The molecule has 2 aromatic carbocycles. The van der Waals surface area contributed by atoms with Crippen LogP contribution in [0.4, 0.5) is 0 Å². The number of benzene rings is 2. The van der Waals surface area contributed by atoms with E-state index in [9.17, 15) is 0 Å². The predicted octanol–water partition coefficient (Wildman–Crippen LogP) is 5.53. The highest BCUT2D eigenvalue weighted by Crippen LogP contribution is 2.38. The third kappa shape index (κ3) is 2.81. The lowest BCUT2D eigenvalue weighted by Crippen LogP contribution is -2.41. The Labute approximate surface area is 173 Å². The molecule has 1 fully saturated rings. The summed E-state index contributed by atoms with van der Waals surface area (Å²) in [7, 11) is -0.345. The molecule has 0 spiro atoms. The second-order valence-corrected chi connectivity index (χ2v) is 9.37. The van der Waals surface area contributed by atoms with Gasteiger partial charge in [-0.15, -0.1) is 0 Å². The average Bonchev–Trinajstić information content (AvgIpc) is 3.12. The Morgan fingerprint density at radius 1 is 0.931 bits per heavy atom. The van der Waals surface area contributed by atoms with Gasteiger partial charge >= 0.3 is 7.12 Å². The number of allylic oxidation sites excluding steroid dienone is 4. The van der Waals surface area contributed by atoms with Crippen molar-refractivity contribution in [2.45, 2.75) is 52.2 Å². The number of aromatic nitrogens is 1. The summed E-state index contributed by atoms with van der Waals surface area (Å²) in [4.78, 5) is 0. The van der Waals surface area contributed by atoms with Crippen LogP contribution in [0.15, 0.2) is 60.7 Å². The predicted molar refractivity (Wildman–Crippen MR) is 122 cm³/mol. The molecule has 3 aromatic rings. The molecule has 5 rings (SSSR count). The van der Waals surface area contributed by atoms with E-state index >= 15 is 0 Å². The van der Waals surface area contributed by atoms with Gasteiger partial charge in [-0.25, -0.2) is 0 Å². The summed E-state index contributed by atoms with van der Waals surface area (Å²) in [6, 6.07) is 15.3. The van der Waals surface area contributed by atoms with Crippen molar-refractivity contribution in [1.29, 1.82) is 0 Å². The molecular formula is C25H28BNO2. The van der Waals surface area contributed by atoms with Gasteiger partial charge in [0.2, 0.25) is 0 Å². The molecule has 4 heteroatoms. The largest absolute Gasteiger partial charge is 0.494 e. The molecule has 29 heavy (non-hydrogen) atoms. The number of hydrogen-bond acceptors (Lipinski definition) is 2. The van der Waals surface area contributed by atoms with Crippen molar-refractivity contribution >= 4 is 40.1 Å². The van der Waals surface area contributed by atoms with Gasteiger partial charge < -0.3 is 13.9 Å². The van der Waals surface area contributed by atoms with E-state index in [1.165, 1.54) is 27.5 Å². The van der Waals surface area contributed by atoms with Crippen LogP contribution in [0.1, 0.15) is 41.0 Å². The zero-order chi connectivity index (χ0) is 20.4. The van der Waals surface area contributed by atoms with Crippen molar-refractivity contribution in [2.75, 3.05) is 0 Å². The Morgan fingerprint density at radius 2 is 1.62 bits per heavy atom. The maximum atomic E-state index is 6.30. The first-order valence-electron chi connectivity index (χ1n) is 10.5. The minimum absolute atomic E-state index is 0.338. The average molecular weight is 385 g/mol. The summed E-state index contributed by atoms with van der Waals surface area (Å²) in [6.45, 7) is 10.7. The monoisotopic (exact) mass is 385 g/mol. The number of nitrogens with zero attached hydrogens (tertiary/aromatic N) is 1. The molecule has 0 saturated carbocycles.